The maximum Gasteiger partial charge on any atom is 0.280 e. The number of halogens is 2. The molecule has 7 heteroatoms. The molecular weight excluding hydrogens is 309 g/mol. The molecule has 0 aliphatic heterocycles. The summed E-state index contributed by atoms with van der Waals surface area (Å²) in [5.74, 6) is 0.227. The SMILES string of the molecule is O=[N+]([O-])c1ccccc1-c1ncc(Br)c(Cl)n1. The molecule has 0 atom stereocenters. The van der Waals surface area contributed by atoms with Gasteiger partial charge < -0.3 is 0 Å². The van der Waals surface area contributed by atoms with Crippen molar-refractivity contribution in [2.24, 2.45) is 0 Å². The maximum atomic E-state index is 10.9. The predicted octanol–water partition coefficient (Wildman–Crippen LogP) is 3.47. The maximum absolute atomic E-state index is 10.9. The van der Waals surface area contributed by atoms with E-state index in [1.165, 1.54) is 12.3 Å². The molecule has 0 spiro atoms. The highest BCUT2D eigenvalue weighted by molar-refractivity contribution is 9.10. The summed E-state index contributed by atoms with van der Waals surface area (Å²) in [7, 11) is 0. The number of aromatic nitrogens is 2. The van der Waals surface area contributed by atoms with E-state index in [-0.39, 0.29) is 16.7 Å². The Morgan fingerprint density at radius 1 is 1.35 bits per heavy atom. The van der Waals surface area contributed by atoms with Crippen molar-refractivity contribution < 1.29 is 4.92 Å². The molecule has 0 radical (unpaired) electrons. The van der Waals surface area contributed by atoms with Crippen LogP contribution in [-0.4, -0.2) is 14.9 Å². The van der Waals surface area contributed by atoms with Crippen LogP contribution in [0.5, 0.6) is 0 Å². The predicted molar refractivity (Wildman–Crippen MR) is 66.8 cm³/mol. The fourth-order valence-electron chi connectivity index (χ4n) is 1.30. The molecule has 0 bridgehead atoms. The molecule has 0 saturated carbocycles. The highest BCUT2D eigenvalue weighted by Crippen LogP contribution is 2.29. The summed E-state index contributed by atoms with van der Waals surface area (Å²) in [4.78, 5) is 18.4. The molecule has 86 valence electrons. The molecule has 2 aromatic rings. The Hall–Kier alpha value is -1.53. The molecule has 5 nitrogen and oxygen atoms in total. The highest BCUT2D eigenvalue weighted by atomic mass is 79.9. The Bertz CT molecular complexity index is 592. The summed E-state index contributed by atoms with van der Waals surface area (Å²) >= 11 is 8.99. The second-order valence-corrected chi connectivity index (χ2v) is 4.32. The van der Waals surface area contributed by atoms with Crippen LogP contribution in [0.4, 0.5) is 5.69 Å². The number of benzene rings is 1. The molecule has 0 saturated heterocycles. The minimum atomic E-state index is -0.478. The van der Waals surface area contributed by atoms with Gasteiger partial charge in [-0.05, 0) is 22.0 Å². The van der Waals surface area contributed by atoms with E-state index in [0.29, 0.717) is 10.0 Å². The first kappa shape index (κ1) is 11.9. The number of hydrogen-bond donors (Lipinski definition) is 0. The van der Waals surface area contributed by atoms with Crippen LogP contribution in [-0.2, 0) is 0 Å². The zero-order chi connectivity index (χ0) is 12.4. The third-order valence-corrected chi connectivity index (χ3v) is 3.14. The van der Waals surface area contributed by atoms with Crippen LogP contribution in [0.2, 0.25) is 5.15 Å². The fraction of sp³-hybridized carbons (Fsp3) is 0. The fourth-order valence-corrected chi connectivity index (χ4v) is 1.62. The van der Waals surface area contributed by atoms with Crippen LogP contribution in [0, 0.1) is 10.1 Å². The Balaban J connectivity index is 2.60. The van der Waals surface area contributed by atoms with Crippen molar-refractivity contribution >= 4 is 33.2 Å². The van der Waals surface area contributed by atoms with Gasteiger partial charge in [0.25, 0.3) is 5.69 Å². The number of nitro benzene ring substituents is 1. The smallest absolute Gasteiger partial charge is 0.258 e. The zero-order valence-electron chi connectivity index (χ0n) is 8.30. The Kier molecular flexibility index (Phi) is 3.35. The second kappa shape index (κ2) is 4.77. The van der Waals surface area contributed by atoms with Crippen LogP contribution < -0.4 is 0 Å². The Labute approximate surface area is 110 Å². The molecule has 0 aliphatic rings. The van der Waals surface area contributed by atoms with E-state index in [0.717, 1.165) is 0 Å². The number of nitro groups is 1. The third kappa shape index (κ3) is 2.42. The van der Waals surface area contributed by atoms with Gasteiger partial charge in [0.2, 0.25) is 0 Å². The normalized spacial score (nSPS) is 10.2. The van der Waals surface area contributed by atoms with Gasteiger partial charge in [-0.1, -0.05) is 23.7 Å². The molecule has 1 aromatic carbocycles. The summed E-state index contributed by atoms with van der Waals surface area (Å²) in [6, 6.07) is 6.25. The van der Waals surface area contributed by atoms with E-state index < -0.39 is 4.92 Å². The average molecular weight is 315 g/mol. The second-order valence-electron chi connectivity index (χ2n) is 3.11. The van der Waals surface area contributed by atoms with Gasteiger partial charge in [-0.15, -0.1) is 0 Å². The van der Waals surface area contributed by atoms with Gasteiger partial charge in [-0.25, -0.2) is 9.97 Å². The van der Waals surface area contributed by atoms with E-state index in [4.69, 9.17) is 11.6 Å². The minimum Gasteiger partial charge on any atom is -0.258 e. The van der Waals surface area contributed by atoms with E-state index >= 15 is 0 Å². The topological polar surface area (TPSA) is 68.9 Å². The van der Waals surface area contributed by atoms with Gasteiger partial charge >= 0.3 is 0 Å². The lowest BCUT2D eigenvalue weighted by atomic mass is 10.1. The molecule has 17 heavy (non-hydrogen) atoms. The Morgan fingerprint density at radius 3 is 2.71 bits per heavy atom. The van der Waals surface area contributed by atoms with Crippen molar-refractivity contribution in [1.82, 2.24) is 9.97 Å². The molecule has 1 heterocycles. The number of rotatable bonds is 2. The first-order valence-electron chi connectivity index (χ1n) is 4.51. The molecule has 1 aromatic heterocycles. The van der Waals surface area contributed by atoms with E-state index in [2.05, 4.69) is 25.9 Å². The van der Waals surface area contributed by atoms with E-state index in [9.17, 15) is 10.1 Å². The monoisotopic (exact) mass is 313 g/mol. The van der Waals surface area contributed by atoms with Crippen LogP contribution in [0.15, 0.2) is 34.9 Å². The van der Waals surface area contributed by atoms with Crippen molar-refractivity contribution in [3.63, 3.8) is 0 Å². The Morgan fingerprint density at radius 2 is 2.06 bits per heavy atom. The summed E-state index contributed by atoms with van der Waals surface area (Å²) in [6.45, 7) is 0. The molecule has 0 N–H and O–H groups in total. The zero-order valence-corrected chi connectivity index (χ0v) is 10.6. The molecule has 2 rings (SSSR count). The number of hydrogen-bond acceptors (Lipinski definition) is 4. The molecule has 0 fully saturated rings. The van der Waals surface area contributed by atoms with Crippen molar-refractivity contribution in [2.75, 3.05) is 0 Å². The van der Waals surface area contributed by atoms with Crippen LogP contribution >= 0.6 is 27.5 Å². The molecule has 0 aliphatic carbocycles. The van der Waals surface area contributed by atoms with Crippen molar-refractivity contribution in [1.29, 1.82) is 0 Å². The summed E-state index contributed by atoms with van der Waals surface area (Å²) < 4.78 is 0.543. The van der Waals surface area contributed by atoms with Crippen molar-refractivity contribution in [3.05, 3.63) is 50.2 Å². The quantitative estimate of drug-likeness (QED) is 0.483. The lowest BCUT2D eigenvalue weighted by Gasteiger charge is -2.02. The standard InChI is InChI=1S/C10H5BrClN3O2/c11-7-5-13-10(14-9(7)12)6-3-1-2-4-8(6)15(16)17/h1-5H. The van der Waals surface area contributed by atoms with Crippen LogP contribution in [0.3, 0.4) is 0 Å². The highest BCUT2D eigenvalue weighted by Gasteiger charge is 2.17. The van der Waals surface area contributed by atoms with Crippen molar-refractivity contribution in [3.8, 4) is 11.4 Å². The van der Waals surface area contributed by atoms with E-state index in [1.807, 2.05) is 0 Å². The number of nitrogens with zero attached hydrogens (tertiary/aromatic N) is 3. The van der Waals surface area contributed by atoms with Crippen molar-refractivity contribution in [2.45, 2.75) is 0 Å². The van der Waals surface area contributed by atoms with Gasteiger partial charge in [0.05, 0.1) is 15.0 Å². The van der Waals surface area contributed by atoms with Gasteiger partial charge in [0.15, 0.2) is 5.82 Å². The largest absolute Gasteiger partial charge is 0.280 e. The van der Waals surface area contributed by atoms with Gasteiger partial charge in [-0.3, -0.25) is 10.1 Å². The lowest BCUT2D eigenvalue weighted by molar-refractivity contribution is -0.384. The average Bonchev–Trinajstić information content (AvgIpc) is 2.32. The number of para-hydroxylation sites is 1. The minimum absolute atomic E-state index is 0.0501. The molecular formula is C10H5BrClN3O2. The summed E-state index contributed by atoms with van der Waals surface area (Å²) in [6.07, 6.45) is 1.46. The van der Waals surface area contributed by atoms with E-state index in [1.54, 1.807) is 18.2 Å². The first-order valence-corrected chi connectivity index (χ1v) is 5.68. The van der Waals surface area contributed by atoms with Gasteiger partial charge in [-0.2, -0.15) is 0 Å². The van der Waals surface area contributed by atoms with Gasteiger partial charge in [0, 0.05) is 12.3 Å². The molecule has 0 amide bonds. The lowest BCUT2D eigenvalue weighted by Crippen LogP contribution is -1.95. The summed E-state index contributed by atoms with van der Waals surface area (Å²) in [5.41, 5.74) is 0.290. The summed E-state index contributed by atoms with van der Waals surface area (Å²) in [5, 5.41) is 11.1. The third-order valence-electron chi connectivity index (χ3n) is 2.04. The van der Waals surface area contributed by atoms with Crippen LogP contribution in [0.25, 0.3) is 11.4 Å². The molecule has 0 unspecified atom stereocenters. The van der Waals surface area contributed by atoms with Crippen LogP contribution in [0.1, 0.15) is 0 Å². The first-order chi connectivity index (χ1) is 8.09. The van der Waals surface area contributed by atoms with Gasteiger partial charge in [0.1, 0.15) is 5.15 Å².